The number of nitrogens with one attached hydrogen (secondary N) is 10. The van der Waals surface area contributed by atoms with E-state index in [1.165, 1.54) is 30.3 Å². The highest BCUT2D eigenvalue weighted by Gasteiger charge is 2.52. The standard InChI is InChI=1S/C93H109Cl2N11O32/c1-5-97-21-10-22-98-86(125)71-50-33-47(112)34-59(133-93-81(122)80(121)77(118)64(37-109)136-93)66(50)49-27-42(15-17-54(49)113)68-87(126)106-74(90(129)105-71)82(137-91-72(99-39(4)110)78(119)75(116)62(35-107)134-91)43-16-20-57(52(95)28-43)132-61-31-45-30-60(83(61)138-92-73(79(120)76(117)63(36-108)135-92)101-65(115)12-9-7-6-8-11-38(2)3)131-56-19-13-40(23-51(56)94)24-53-84(123)102-69(88(127)104-70(45)89(128)103-68)44-25-46(111)32-48(26-44)130-58-29-41(14-18-55(58)114)67(96)85(124)100-53/h13-20,23,25-34,38,53,62-64,67-82,91-93,97,107-109,111-114,116-122H,5-12,21-22,24,35-37,96H2,1-4H3,(H,98,125)(H,99,110)(H,100,124)(H,101,115)(H,102,123)(H,103,128)(H,104,127)(H,105,129)(H,106,126)/t53-,62+,63+,64-,67-,68-,69+,70-,71+,72+,73+,74+,75-,76-,77-,78-,79-,80-,81+,82-,91+,92+,93+/m1/s1. The van der Waals surface area contributed by atoms with Gasteiger partial charge in [0.1, 0.15) is 162 Å². The fourth-order valence-electron chi connectivity index (χ4n) is 17.2. The highest BCUT2D eigenvalue weighted by molar-refractivity contribution is 6.32. The van der Waals surface area contributed by atoms with Gasteiger partial charge in [-0.3, -0.25) is 43.2 Å². The number of nitrogens with two attached hydrogens (primary N) is 1. The van der Waals surface area contributed by atoms with Crippen molar-refractivity contribution in [3.8, 4) is 80.1 Å². The summed E-state index contributed by atoms with van der Waals surface area (Å²) in [4.78, 5) is 141. The molecule has 43 nitrogen and oxygen atoms in total. The van der Waals surface area contributed by atoms with Gasteiger partial charge in [-0.2, -0.15) is 0 Å². The van der Waals surface area contributed by atoms with E-state index < -0.39 is 304 Å². The number of unbranched alkanes of at least 4 members (excludes halogenated alkanes) is 3. The number of halogens is 2. The number of phenolic OH excluding ortho intramolecular Hbond substituents is 4. The summed E-state index contributed by atoms with van der Waals surface area (Å²) in [5, 5.41) is 187. The number of aliphatic hydroxyl groups excluding tert-OH is 10. The molecule has 3 saturated heterocycles. The Morgan fingerprint density at radius 2 is 1.08 bits per heavy atom. The number of hydrogen-bond donors (Lipinski definition) is 25. The van der Waals surface area contributed by atoms with E-state index in [-0.39, 0.29) is 63.9 Å². The van der Waals surface area contributed by atoms with E-state index in [0.717, 1.165) is 111 Å². The molecule has 9 aliphatic rings. The Morgan fingerprint density at radius 3 is 1.72 bits per heavy atom. The molecule has 742 valence electrons. The molecular formula is C93H109Cl2N11O32. The maximum Gasteiger partial charge on any atom is 0.248 e. The first-order valence-corrected chi connectivity index (χ1v) is 45.5. The summed E-state index contributed by atoms with van der Waals surface area (Å²) in [5.41, 5.74) is 3.42. The number of hydrogen-bond acceptors (Lipinski definition) is 34. The first-order valence-electron chi connectivity index (χ1n) is 44.7. The van der Waals surface area contributed by atoms with Gasteiger partial charge < -0.3 is 173 Å². The highest BCUT2D eigenvalue weighted by Crippen LogP contribution is 2.51. The normalized spacial score (nSPS) is 28.1. The zero-order chi connectivity index (χ0) is 99.1. The van der Waals surface area contributed by atoms with Crippen LogP contribution in [0.5, 0.6) is 69.0 Å². The second-order valence-electron chi connectivity index (χ2n) is 34.8. The molecule has 0 aliphatic carbocycles. The summed E-state index contributed by atoms with van der Waals surface area (Å²) in [5.74, 6) is -17.6. The molecule has 0 radical (unpaired) electrons. The quantitative estimate of drug-likeness (QED) is 0.0376. The van der Waals surface area contributed by atoms with Gasteiger partial charge in [-0.25, -0.2) is 0 Å². The molecule has 17 bridgehead atoms. The lowest BCUT2D eigenvalue weighted by Gasteiger charge is -2.44. The predicted molar refractivity (Wildman–Crippen MR) is 482 cm³/mol. The summed E-state index contributed by atoms with van der Waals surface area (Å²) in [7, 11) is 0. The van der Waals surface area contributed by atoms with Crippen LogP contribution in [0.3, 0.4) is 0 Å². The van der Waals surface area contributed by atoms with E-state index in [9.17, 15) is 85.9 Å². The molecule has 16 rings (SSSR count). The van der Waals surface area contributed by atoms with Gasteiger partial charge in [0.15, 0.2) is 29.3 Å². The Hall–Kier alpha value is -12.1. The zero-order valence-electron chi connectivity index (χ0n) is 74.7. The number of aromatic hydroxyl groups is 4. The minimum atomic E-state index is -2.52. The highest BCUT2D eigenvalue weighted by atomic mass is 35.5. The number of ether oxygens (including phenoxy) is 9. The van der Waals surface area contributed by atoms with Crippen LogP contribution >= 0.6 is 23.2 Å². The first-order chi connectivity index (χ1) is 65.9. The van der Waals surface area contributed by atoms with Gasteiger partial charge in [-0.1, -0.05) is 93.9 Å². The van der Waals surface area contributed by atoms with Crippen LogP contribution in [0.4, 0.5) is 0 Å². The van der Waals surface area contributed by atoms with Gasteiger partial charge in [0.05, 0.1) is 29.9 Å². The van der Waals surface area contributed by atoms with E-state index in [4.69, 9.17) is 71.6 Å². The zero-order valence-corrected chi connectivity index (χ0v) is 76.2. The monoisotopic (exact) mass is 1960 g/mol. The number of rotatable bonds is 24. The van der Waals surface area contributed by atoms with Gasteiger partial charge in [-0.05, 0) is 150 Å². The second-order valence-corrected chi connectivity index (χ2v) is 35.7. The summed E-state index contributed by atoms with van der Waals surface area (Å²) < 4.78 is 58.2. The molecule has 26 N–H and O–H groups in total. The van der Waals surface area contributed by atoms with E-state index in [2.05, 4.69) is 67.0 Å². The maximum absolute atomic E-state index is 17.2. The van der Waals surface area contributed by atoms with E-state index >= 15 is 28.8 Å². The van der Waals surface area contributed by atoms with E-state index in [1.807, 2.05) is 6.92 Å². The van der Waals surface area contributed by atoms with Gasteiger partial charge in [-0.15, -0.1) is 0 Å². The van der Waals surface area contributed by atoms with Crippen molar-refractivity contribution in [3.63, 3.8) is 0 Å². The Balaban J connectivity index is 1.04. The van der Waals surface area contributed by atoms with Crippen molar-refractivity contribution in [2.24, 2.45) is 11.7 Å². The van der Waals surface area contributed by atoms with Gasteiger partial charge >= 0.3 is 0 Å². The molecular weight excluding hydrogens is 1850 g/mol. The molecule has 0 saturated carbocycles. The number of phenols is 4. The van der Waals surface area contributed by atoms with Crippen LogP contribution in [0.25, 0.3) is 11.1 Å². The molecule has 9 aliphatic heterocycles. The van der Waals surface area contributed by atoms with Gasteiger partial charge in [0.2, 0.25) is 71.5 Å². The predicted octanol–water partition coefficient (Wildman–Crippen LogP) is 1.05. The third kappa shape index (κ3) is 22.9. The minimum Gasteiger partial charge on any atom is -0.508 e. The summed E-state index contributed by atoms with van der Waals surface area (Å²) in [6, 6.07) is 1.95. The van der Waals surface area contributed by atoms with Crippen molar-refractivity contribution in [3.05, 3.63) is 164 Å². The summed E-state index contributed by atoms with van der Waals surface area (Å²) in [6.07, 6.45) is -25.4. The van der Waals surface area contributed by atoms with Crippen molar-refractivity contribution in [2.45, 2.75) is 219 Å². The number of carbonyl (C=O) groups excluding carboxylic acids is 9. The Labute approximate surface area is 797 Å². The molecule has 9 amide bonds. The first kappa shape index (κ1) is 102. The molecule has 0 unspecified atom stereocenters. The number of fused-ring (bicyclic) bond motifs is 14. The van der Waals surface area contributed by atoms with Gasteiger partial charge in [0.25, 0.3) is 0 Å². The topological polar surface area (TPSA) is 666 Å². The Kier molecular flexibility index (Phi) is 32.7. The summed E-state index contributed by atoms with van der Waals surface area (Å²) >= 11 is 14.9. The lowest BCUT2D eigenvalue weighted by atomic mass is 9.89. The van der Waals surface area contributed by atoms with Crippen LogP contribution in [0.15, 0.2) is 115 Å². The van der Waals surface area contributed by atoms with E-state index in [0.29, 0.717) is 31.8 Å². The van der Waals surface area contributed by atoms with Crippen molar-refractivity contribution < 1.29 is 157 Å². The van der Waals surface area contributed by atoms with Crippen LogP contribution < -0.4 is 82.6 Å². The molecule has 0 aromatic heterocycles. The van der Waals surface area contributed by atoms with E-state index in [1.54, 1.807) is 0 Å². The van der Waals surface area contributed by atoms with Crippen LogP contribution in [0.1, 0.15) is 148 Å². The van der Waals surface area contributed by atoms with Crippen molar-refractivity contribution in [2.75, 3.05) is 39.5 Å². The number of amides is 9. The molecule has 9 heterocycles. The lowest BCUT2D eigenvalue weighted by molar-refractivity contribution is -0.284. The molecule has 0 spiro atoms. The second kappa shape index (κ2) is 44.4. The molecule has 7 aromatic carbocycles. The third-order valence-corrected chi connectivity index (χ3v) is 25.1. The van der Waals surface area contributed by atoms with Crippen LogP contribution in [0, 0.1) is 5.92 Å². The average Bonchev–Trinajstić information content (AvgIpc) is 0.758. The number of aliphatic hydroxyl groups is 10. The molecule has 138 heavy (non-hydrogen) atoms. The molecule has 23 atom stereocenters. The Bertz CT molecular complexity index is 5690. The minimum absolute atomic E-state index is 0.0334. The summed E-state index contributed by atoms with van der Waals surface area (Å²) in [6.45, 7) is 4.48. The molecule has 45 heteroatoms. The van der Waals surface area contributed by atoms with Crippen LogP contribution in [-0.4, -0.2) is 268 Å². The smallest absolute Gasteiger partial charge is 0.248 e. The lowest BCUT2D eigenvalue weighted by Crippen LogP contribution is -2.65. The molecule has 7 aromatic rings. The SMILES string of the molecule is CCNCCCNC(=O)[C@H]1NC(=O)[C@H]2NC(=O)[C@H](NC(=O)[C@@H]3NC(=O)[C@H]4NC(=O)[C@@H](Cc5ccc(c(Cl)c5)Oc5cc3cc(c5O[C@@H]3O[C@@H](CO)[C@@H](O)[C@H](O)[C@@H]3NC(=O)CCCCCCC(C)C)Oc3ccc(cc3Cl)[C@H]2O[C@@H]2O[C@@H](CO)[C@@H](O)[C@H](O)[C@@H]2NC(C)=O)NC(=O)[C@H](N)c2ccc(O)c(c2)Oc2cc(O)cc4c2)c2ccc(O)c(c2)-c2c(O[C@H]3O[C@H](CO)[C@@H](O)[C@@H](O)[C@@H]3O)cc(O)cc21. The van der Waals surface area contributed by atoms with Crippen LogP contribution in [0.2, 0.25) is 10.0 Å². The average molecular weight is 1960 g/mol. The maximum atomic E-state index is 17.2. The third-order valence-electron chi connectivity index (χ3n) is 24.5. The van der Waals surface area contributed by atoms with Crippen molar-refractivity contribution in [1.29, 1.82) is 0 Å². The van der Waals surface area contributed by atoms with Crippen molar-refractivity contribution >= 4 is 76.4 Å². The van der Waals surface area contributed by atoms with Gasteiger partial charge in [0, 0.05) is 49.6 Å². The number of benzene rings is 7. The fourth-order valence-corrected chi connectivity index (χ4v) is 17.7. The van der Waals surface area contributed by atoms with Crippen molar-refractivity contribution in [1.82, 2.24) is 53.2 Å². The largest absolute Gasteiger partial charge is 0.508 e. The van der Waals surface area contributed by atoms with Crippen LogP contribution in [-0.2, 0) is 68.5 Å². The number of carbonyl (C=O) groups is 9. The fraction of sp³-hybridized carbons (Fsp3) is 0.452. The Morgan fingerprint density at radius 1 is 0.507 bits per heavy atom. The molecule has 3 fully saturated rings.